The second kappa shape index (κ2) is 11.7. The van der Waals surface area contributed by atoms with Crippen LogP contribution in [0.2, 0.25) is 0 Å². The molecule has 0 heterocycles. The van der Waals surface area contributed by atoms with Gasteiger partial charge in [-0.1, -0.05) is 30.3 Å². The highest BCUT2D eigenvalue weighted by Gasteiger charge is 2.21. The van der Waals surface area contributed by atoms with Gasteiger partial charge in [0.1, 0.15) is 0 Å². The van der Waals surface area contributed by atoms with Crippen LogP contribution in [0.1, 0.15) is 18.4 Å². The van der Waals surface area contributed by atoms with Gasteiger partial charge in [0.25, 0.3) is 0 Å². The molecule has 1 atom stereocenters. The van der Waals surface area contributed by atoms with E-state index in [0.717, 1.165) is 25.4 Å². The van der Waals surface area contributed by atoms with Crippen LogP contribution in [0, 0.1) is 5.92 Å². The van der Waals surface area contributed by atoms with Crippen LogP contribution in [0.15, 0.2) is 30.3 Å². The third-order valence-electron chi connectivity index (χ3n) is 3.69. The maximum atomic E-state index is 12.0. The Morgan fingerprint density at radius 2 is 1.87 bits per heavy atom. The third-order valence-corrected chi connectivity index (χ3v) is 3.69. The molecule has 1 saturated carbocycles. The molecule has 6 heteroatoms. The fourth-order valence-electron chi connectivity index (χ4n) is 2.49. The largest absolute Gasteiger partial charge is 0.351 e. The first kappa shape index (κ1) is 22.2. The van der Waals surface area contributed by atoms with Crippen molar-refractivity contribution >= 4 is 30.7 Å². The molecule has 1 amide bonds. The number of benzene rings is 1. The van der Waals surface area contributed by atoms with Gasteiger partial charge in [-0.15, -0.1) is 24.8 Å². The van der Waals surface area contributed by atoms with Gasteiger partial charge < -0.3 is 15.5 Å². The van der Waals surface area contributed by atoms with Gasteiger partial charge in [0.05, 0.1) is 6.54 Å². The molecule has 1 unspecified atom stereocenters. The quantitative estimate of drug-likeness (QED) is 0.707. The Balaban J connectivity index is 0.00000242. The number of nitrogens with one attached hydrogen (secondary N) is 2. The van der Waals surface area contributed by atoms with E-state index >= 15 is 0 Å². The van der Waals surface area contributed by atoms with E-state index in [-0.39, 0.29) is 36.8 Å². The summed E-state index contributed by atoms with van der Waals surface area (Å²) in [6.45, 7) is 2.25. The van der Waals surface area contributed by atoms with Gasteiger partial charge in [-0.25, -0.2) is 0 Å². The Morgan fingerprint density at radius 1 is 1.22 bits per heavy atom. The molecular formula is C17H29Cl2N3O. The minimum absolute atomic E-state index is 0. The van der Waals surface area contributed by atoms with E-state index in [1.807, 2.05) is 32.3 Å². The minimum atomic E-state index is 0. The number of carbonyl (C=O) groups is 1. The lowest BCUT2D eigenvalue weighted by atomic mass is 10.1. The van der Waals surface area contributed by atoms with E-state index in [9.17, 15) is 4.79 Å². The summed E-state index contributed by atoms with van der Waals surface area (Å²) in [5.74, 6) is 0.901. The molecule has 132 valence electrons. The first-order valence-electron chi connectivity index (χ1n) is 7.82. The molecule has 1 aromatic rings. The zero-order valence-corrected chi connectivity index (χ0v) is 15.6. The van der Waals surface area contributed by atoms with Crippen molar-refractivity contribution in [1.82, 2.24) is 15.5 Å². The maximum absolute atomic E-state index is 12.0. The Labute approximate surface area is 152 Å². The topological polar surface area (TPSA) is 44.4 Å². The Kier molecular flexibility index (Phi) is 11.3. The van der Waals surface area contributed by atoms with Crippen molar-refractivity contribution in [2.24, 2.45) is 5.92 Å². The number of likely N-dealkylation sites (N-methyl/N-ethyl adjacent to an activating group) is 1. The number of hydrogen-bond acceptors (Lipinski definition) is 3. The van der Waals surface area contributed by atoms with Crippen molar-refractivity contribution in [2.75, 3.05) is 33.7 Å². The highest BCUT2D eigenvalue weighted by atomic mass is 35.5. The average Bonchev–Trinajstić information content (AvgIpc) is 3.23. The average molecular weight is 362 g/mol. The molecule has 0 saturated heterocycles. The maximum Gasteiger partial charge on any atom is 0.234 e. The molecule has 2 N–H and O–H groups in total. The van der Waals surface area contributed by atoms with Gasteiger partial charge in [-0.3, -0.25) is 4.79 Å². The standard InChI is InChI=1S/C17H27N3O.2ClH/c1-20(2)13-16(10-14-6-4-3-5-7-14)19-17(21)12-18-11-15-8-9-15;;/h3-7,15-16,18H,8-13H2,1-2H3,(H,19,21);2*1H. The van der Waals surface area contributed by atoms with E-state index in [1.54, 1.807) is 0 Å². The predicted octanol–water partition coefficient (Wildman–Crippen LogP) is 2.12. The monoisotopic (exact) mass is 361 g/mol. The normalized spacial score (nSPS) is 14.6. The van der Waals surface area contributed by atoms with E-state index in [4.69, 9.17) is 0 Å². The van der Waals surface area contributed by atoms with Crippen LogP contribution in [0.4, 0.5) is 0 Å². The molecule has 4 nitrogen and oxygen atoms in total. The first-order valence-corrected chi connectivity index (χ1v) is 7.82. The molecule has 0 spiro atoms. The predicted molar refractivity (Wildman–Crippen MR) is 101 cm³/mol. The second-order valence-electron chi connectivity index (χ2n) is 6.29. The van der Waals surface area contributed by atoms with Crippen LogP contribution in [0.25, 0.3) is 0 Å². The zero-order valence-electron chi connectivity index (χ0n) is 14.0. The first-order chi connectivity index (χ1) is 10.1. The molecule has 0 aromatic heterocycles. The number of nitrogens with zero attached hydrogens (tertiary/aromatic N) is 1. The van der Waals surface area contributed by atoms with E-state index in [0.29, 0.717) is 6.54 Å². The Morgan fingerprint density at radius 3 is 2.43 bits per heavy atom. The summed E-state index contributed by atoms with van der Waals surface area (Å²) in [6, 6.07) is 10.5. The van der Waals surface area contributed by atoms with Crippen molar-refractivity contribution in [3.8, 4) is 0 Å². The van der Waals surface area contributed by atoms with E-state index in [1.165, 1.54) is 18.4 Å². The highest BCUT2D eigenvalue weighted by molar-refractivity contribution is 5.85. The van der Waals surface area contributed by atoms with Gasteiger partial charge in [-0.05, 0) is 51.4 Å². The second-order valence-corrected chi connectivity index (χ2v) is 6.29. The molecule has 1 aliphatic rings. The van der Waals surface area contributed by atoms with Gasteiger partial charge in [-0.2, -0.15) is 0 Å². The van der Waals surface area contributed by atoms with Gasteiger partial charge >= 0.3 is 0 Å². The summed E-state index contributed by atoms with van der Waals surface area (Å²) in [6.07, 6.45) is 3.49. The van der Waals surface area contributed by atoms with Gasteiger partial charge in [0.2, 0.25) is 5.91 Å². The number of carbonyl (C=O) groups excluding carboxylic acids is 1. The summed E-state index contributed by atoms with van der Waals surface area (Å²) >= 11 is 0. The summed E-state index contributed by atoms with van der Waals surface area (Å²) in [4.78, 5) is 14.2. The SMILES string of the molecule is CN(C)CC(Cc1ccccc1)NC(=O)CNCC1CC1.Cl.Cl. The summed E-state index contributed by atoms with van der Waals surface area (Å²) in [7, 11) is 4.07. The van der Waals surface area contributed by atoms with Crippen LogP contribution in [-0.2, 0) is 11.2 Å². The Bertz CT molecular complexity index is 439. The fraction of sp³-hybridized carbons (Fsp3) is 0.588. The molecule has 23 heavy (non-hydrogen) atoms. The Hall–Kier alpha value is -0.810. The van der Waals surface area contributed by atoms with Crippen LogP contribution in [-0.4, -0.2) is 50.6 Å². The van der Waals surface area contributed by atoms with E-state index in [2.05, 4.69) is 27.7 Å². The number of rotatable bonds is 9. The highest BCUT2D eigenvalue weighted by Crippen LogP contribution is 2.27. The lowest BCUT2D eigenvalue weighted by Gasteiger charge is -2.22. The summed E-state index contributed by atoms with van der Waals surface area (Å²) in [5, 5.41) is 6.39. The lowest BCUT2D eigenvalue weighted by molar-refractivity contribution is -0.121. The van der Waals surface area contributed by atoms with Crippen molar-refractivity contribution in [2.45, 2.75) is 25.3 Å². The fourth-order valence-corrected chi connectivity index (χ4v) is 2.49. The molecule has 0 aliphatic heterocycles. The molecule has 0 radical (unpaired) electrons. The lowest BCUT2D eigenvalue weighted by Crippen LogP contribution is -2.46. The van der Waals surface area contributed by atoms with Crippen molar-refractivity contribution in [3.05, 3.63) is 35.9 Å². The van der Waals surface area contributed by atoms with E-state index < -0.39 is 0 Å². The van der Waals surface area contributed by atoms with Crippen molar-refractivity contribution in [1.29, 1.82) is 0 Å². The number of halogens is 2. The molecule has 2 rings (SSSR count). The number of hydrogen-bond donors (Lipinski definition) is 2. The minimum Gasteiger partial charge on any atom is -0.351 e. The zero-order chi connectivity index (χ0) is 15.1. The van der Waals surface area contributed by atoms with Crippen LogP contribution in [0.3, 0.4) is 0 Å². The molecule has 0 bridgehead atoms. The van der Waals surface area contributed by atoms with Crippen molar-refractivity contribution < 1.29 is 4.79 Å². The van der Waals surface area contributed by atoms with Crippen LogP contribution < -0.4 is 10.6 Å². The third kappa shape index (κ3) is 9.82. The smallest absolute Gasteiger partial charge is 0.234 e. The molecule has 1 aromatic carbocycles. The molecule has 1 aliphatic carbocycles. The van der Waals surface area contributed by atoms with Gasteiger partial charge in [0, 0.05) is 12.6 Å². The van der Waals surface area contributed by atoms with Crippen LogP contribution in [0.5, 0.6) is 0 Å². The summed E-state index contributed by atoms with van der Waals surface area (Å²) < 4.78 is 0. The van der Waals surface area contributed by atoms with Gasteiger partial charge in [0.15, 0.2) is 0 Å². The molecule has 1 fully saturated rings. The summed E-state index contributed by atoms with van der Waals surface area (Å²) in [5.41, 5.74) is 1.26. The van der Waals surface area contributed by atoms with Crippen LogP contribution >= 0.6 is 24.8 Å². The van der Waals surface area contributed by atoms with Crippen molar-refractivity contribution in [3.63, 3.8) is 0 Å². The number of amides is 1. The molecular weight excluding hydrogens is 333 g/mol.